The van der Waals surface area contributed by atoms with E-state index in [1.807, 2.05) is 0 Å². The molecule has 3 heteroatoms. The second-order valence-electron chi connectivity index (χ2n) is 7.61. The molecule has 0 aliphatic heterocycles. The Morgan fingerprint density at radius 3 is 1.00 bits per heavy atom. The molecule has 0 N–H and O–H groups in total. The Morgan fingerprint density at radius 1 is 0.647 bits per heavy atom. The summed E-state index contributed by atoms with van der Waals surface area (Å²) >= 11 is 0. The largest absolute Gasteiger partial charge is 0.310 e. The molecule has 0 saturated heterocycles. The van der Waals surface area contributed by atoms with Crippen molar-refractivity contribution < 1.29 is 0 Å². The molecule has 0 aromatic carbocycles. The third-order valence-electron chi connectivity index (χ3n) is 3.27. The van der Waals surface area contributed by atoms with Crippen molar-refractivity contribution in [2.45, 2.75) is 92.4 Å². The Labute approximate surface area is 112 Å². The zero-order valence-electron chi connectivity index (χ0n) is 13.8. The van der Waals surface area contributed by atoms with Crippen molar-refractivity contribution in [1.82, 2.24) is 9.13 Å². The summed E-state index contributed by atoms with van der Waals surface area (Å²) in [5, 5.41) is 0. The van der Waals surface area contributed by atoms with Crippen molar-refractivity contribution in [3.8, 4) is 0 Å². The van der Waals surface area contributed by atoms with E-state index in [-0.39, 0.29) is 11.1 Å². The quantitative estimate of drug-likeness (QED) is 0.715. The van der Waals surface area contributed by atoms with Crippen molar-refractivity contribution in [1.29, 1.82) is 0 Å². The summed E-state index contributed by atoms with van der Waals surface area (Å²) in [4.78, 5) is 0. The highest BCUT2D eigenvalue weighted by Crippen LogP contribution is 2.21. The van der Waals surface area contributed by atoms with Gasteiger partial charge in [0.15, 0.2) is 9.84 Å². The first kappa shape index (κ1) is 17.1. The van der Waals surface area contributed by atoms with Gasteiger partial charge < -0.3 is 9.13 Å². The standard InChI is InChI=1S/C14H34N2Si/c1-11(2)15(13(5,6)7)17-16(12(3)4)14(8,9)10/h11-12H,17H2,1-10H3. The van der Waals surface area contributed by atoms with Crippen molar-refractivity contribution in [2.24, 2.45) is 0 Å². The molecule has 0 spiro atoms. The van der Waals surface area contributed by atoms with Gasteiger partial charge >= 0.3 is 0 Å². The number of hydrogen-bond donors (Lipinski definition) is 0. The monoisotopic (exact) mass is 258 g/mol. The molecule has 0 unspecified atom stereocenters. The van der Waals surface area contributed by atoms with E-state index in [1.54, 1.807) is 0 Å². The molecule has 17 heavy (non-hydrogen) atoms. The van der Waals surface area contributed by atoms with Crippen molar-refractivity contribution in [2.75, 3.05) is 0 Å². The normalized spacial score (nSPS) is 14.5. The maximum absolute atomic E-state index is 2.71. The smallest absolute Gasteiger partial charge is 0.174 e. The van der Waals surface area contributed by atoms with Crippen LogP contribution in [0, 0.1) is 0 Å². The number of hydrogen-bond acceptors (Lipinski definition) is 2. The predicted octanol–water partition coefficient (Wildman–Crippen LogP) is 3.00. The van der Waals surface area contributed by atoms with Crippen molar-refractivity contribution >= 4 is 9.84 Å². The van der Waals surface area contributed by atoms with Crippen molar-refractivity contribution in [3.63, 3.8) is 0 Å². The van der Waals surface area contributed by atoms with Crippen LogP contribution in [0.25, 0.3) is 0 Å². The van der Waals surface area contributed by atoms with E-state index in [1.165, 1.54) is 0 Å². The third-order valence-corrected chi connectivity index (χ3v) is 7.24. The minimum absolute atomic E-state index is 0.277. The molecule has 0 aromatic heterocycles. The van der Waals surface area contributed by atoms with Crippen LogP contribution in [0.2, 0.25) is 0 Å². The lowest BCUT2D eigenvalue weighted by molar-refractivity contribution is 0.147. The Balaban J connectivity index is 4.96. The summed E-state index contributed by atoms with van der Waals surface area (Å²) in [5.41, 5.74) is 0.553. The molecular formula is C14H34N2Si. The van der Waals surface area contributed by atoms with Gasteiger partial charge in [0.1, 0.15) is 0 Å². The molecule has 104 valence electrons. The Bertz CT molecular complexity index is 199. The van der Waals surface area contributed by atoms with Crippen LogP contribution in [-0.2, 0) is 0 Å². The van der Waals surface area contributed by atoms with Gasteiger partial charge in [-0.25, -0.2) is 0 Å². The minimum Gasteiger partial charge on any atom is -0.310 e. The van der Waals surface area contributed by atoms with Gasteiger partial charge in [0, 0.05) is 11.1 Å². The molecule has 0 rings (SSSR count). The number of rotatable bonds is 4. The third kappa shape index (κ3) is 5.54. The Kier molecular flexibility index (Phi) is 5.90. The molecular weight excluding hydrogens is 224 g/mol. The molecule has 2 nitrogen and oxygen atoms in total. The van der Waals surface area contributed by atoms with Gasteiger partial charge in [0.25, 0.3) is 0 Å². The molecule has 0 aliphatic carbocycles. The van der Waals surface area contributed by atoms with Crippen LogP contribution in [0.4, 0.5) is 0 Å². The maximum atomic E-state index is 2.71. The summed E-state index contributed by atoms with van der Waals surface area (Å²) in [7, 11) is -0.397. The lowest BCUT2D eigenvalue weighted by atomic mass is 10.1. The van der Waals surface area contributed by atoms with Gasteiger partial charge in [-0.2, -0.15) is 0 Å². The van der Waals surface area contributed by atoms with Crippen LogP contribution < -0.4 is 0 Å². The highest BCUT2D eigenvalue weighted by atomic mass is 28.2. The molecule has 0 atom stereocenters. The minimum atomic E-state index is -0.397. The summed E-state index contributed by atoms with van der Waals surface area (Å²) < 4.78 is 5.41. The predicted molar refractivity (Wildman–Crippen MR) is 82.0 cm³/mol. The highest BCUT2D eigenvalue weighted by molar-refractivity contribution is 6.29. The molecule has 0 radical (unpaired) electrons. The van der Waals surface area contributed by atoms with E-state index < -0.39 is 9.84 Å². The topological polar surface area (TPSA) is 6.48 Å². The zero-order valence-corrected chi connectivity index (χ0v) is 15.2. The van der Waals surface area contributed by atoms with E-state index in [0.717, 1.165) is 0 Å². The lowest BCUT2D eigenvalue weighted by Crippen LogP contribution is -2.59. The van der Waals surface area contributed by atoms with Crippen LogP contribution in [0.5, 0.6) is 0 Å². The average molecular weight is 259 g/mol. The van der Waals surface area contributed by atoms with E-state index >= 15 is 0 Å². The first-order valence-corrected chi connectivity index (χ1v) is 8.17. The molecule has 0 fully saturated rings. The lowest BCUT2D eigenvalue weighted by Gasteiger charge is -2.47. The van der Waals surface area contributed by atoms with Gasteiger partial charge in [0.2, 0.25) is 0 Å². The molecule has 0 saturated carbocycles. The molecule has 0 aliphatic rings. The molecule has 0 heterocycles. The summed E-state index contributed by atoms with van der Waals surface area (Å²) in [5.74, 6) is 0. The Morgan fingerprint density at radius 2 is 0.882 bits per heavy atom. The fourth-order valence-corrected chi connectivity index (χ4v) is 4.29. The fourth-order valence-electron chi connectivity index (χ4n) is 2.46. The van der Waals surface area contributed by atoms with Crippen LogP contribution in [-0.4, -0.2) is 42.1 Å². The maximum Gasteiger partial charge on any atom is 0.174 e. The van der Waals surface area contributed by atoms with Gasteiger partial charge in [-0.15, -0.1) is 0 Å². The summed E-state index contributed by atoms with van der Waals surface area (Å²) in [6.45, 7) is 23.3. The van der Waals surface area contributed by atoms with Crippen LogP contribution in [0.1, 0.15) is 69.2 Å². The number of nitrogens with zero attached hydrogens (tertiary/aromatic N) is 2. The van der Waals surface area contributed by atoms with Crippen molar-refractivity contribution in [3.05, 3.63) is 0 Å². The van der Waals surface area contributed by atoms with Crippen LogP contribution >= 0.6 is 0 Å². The first-order valence-electron chi connectivity index (χ1n) is 6.91. The van der Waals surface area contributed by atoms with E-state index in [2.05, 4.69) is 78.4 Å². The van der Waals surface area contributed by atoms with Gasteiger partial charge in [-0.1, -0.05) is 27.7 Å². The molecule has 0 bridgehead atoms. The van der Waals surface area contributed by atoms with E-state index in [4.69, 9.17) is 0 Å². The van der Waals surface area contributed by atoms with E-state index in [9.17, 15) is 0 Å². The zero-order chi connectivity index (χ0) is 14.0. The van der Waals surface area contributed by atoms with Crippen LogP contribution in [0.15, 0.2) is 0 Å². The highest BCUT2D eigenvalue weighted by Gasteiger charge is 2.31. The summed E-state index contributed by atoms with van der Waals surface area (Å²) in [6, 6.07) is 1.26. The molecule has 0 aromatic rings. The second-order valence-corrected chi connectivity index (χ2v) is 9.26. The fraction of sp³-hybridized carbons (Fsp3) is 1.00. The second kappa shape index (κ2) is 5.85. The summed E-state index contributed by atoms with van der Waals surface area (Å²) in [6.07, 6.45) is 0. The first-order chi connectivity index (χ1) is 7.37. The van der Waals surface area contributed by atoms with E-state index in [0.29, 0.717) is 12.1 Å². The molecule has 0 amide bonds. The van der Waals surface area contributed by atoms with Gasteiger partial charge in [0.05, 0.1) is 0 Å². The van der Waals surface area contributed by atoms with Crippen LogP contribution in [0.3, 0.4) is 0 Å². The average Bonchev–Trinajstić information content (AvgIpc) is 1.96. The SMILES string of the molecule is CC(C)N([SiH2]N(C(C)C)C(C)(C)C)C(C)(C)C. The van der Waals surface area contributed by atoms with Gasteiger partial charge in [-0.05, 0) is 53.6 Å². The van der Waals surface area contributed by atoms with Gasteiger partial charge in [-0.3, -0.25) is 0 Å². The Hall–Kier alpha value is 0.137.